The fourth-order valence-corrected chi connectivity index (χ4v) is 3.69. The van der Waals surface area contributed by atoms with Crippen molar-refractivity contribution in [1.29, 1.82) is 0 Å². The molecule has 1 aliphatic rings. The second kappa shape index (κ2) is 6.42. The SMILES string of the molecule is CCNC(CCc1ccsc1)C1COc2ccccc21. The van der Waals surface area contributed by atoms with Crippen LogP contribution in [0.25, 0.3) is 0 Å². The Hall–Kier alpha value is -1.32. The Balaban J connectivity index is 1.71. The van der Waals surface area contributed by atoms with E-state index in [1.165, 1.54) is 11.1 Å². The van der Waals surface area contributed by atoms with Crippen molar-refractivity contribution in [2.75, 3.05) is 13.2 Å². The number of aryl methyl sites for hydroxylation is 1. The lowest BCUT2D eigenvalue weighted by Gasteiger charge is -2.23. The van der Waals surface area contributed by atoms with Gasteiger partial charge in [-0.3, -0.25) is 0 Å². The maximum absolute atomic E-state index is 5.84. The lowest BCUT2D eigenvalue weighted by molar-refractivity contribution is 0.293. The van der Waals surface area contributed by atoms with Crippen LogP contribution in [0.2, 0.25) is 0 Å². The van der Waals surface area contributed by atoms with Crippen molar-refractivity contribution in [2.45, 2.75) is 31.7 Å². The van der Waals surface area contributed by atoms with E-state index in [9.17, 15) is 0 Å². The Morgan fingerprint density at radius 1 is 1.35 bits per heavy atom. The van der Waals surface area contributed by atoms with E-state index in [4.69, 9.17) is 4.74 Å². The average molecular weight is 287 g/mol. The Morgan fingerprint density at radius 2 is 2.25 bits per heavy atom. The van der Waals surface area contributed by atoms with E-state index >= 15 is 0 Å². The third-order valence-electron chi connectivity index (χ3n) is 4.01. The first-order valence-electron chi connectivity index (χ1n) is 7.34. The predicted octanol–water partition coefficient (Wildman–Crippen LogP) is 3.84. The van der Waals surface area contributed by atoms with Gasteiger partial charge in [-0.1, -0.05) is 25.1 Å². The van der Waals surface area contributed by atoms with Crippen molar-refractivity contribution in [3.05, 3.63) is 52.2 Å². The average Bonchev–Trinajstić information content (AvgIpc) is 3.13. The number of hydrogen-bond donors (Lipinski definition) is 1. The number of ether oxygens (including phenoxy) is 1. The zero-order chi connectivity index (χ0) is 13.8. The Bertz CT molecular complexity index is 538. The molecule has 1 aliphatic heterocycles. The first kappa shape index (κ1) is 13.7. The molecule has 2 heterocycles. The standard InChI is InChI=1S/C17H21NOS/c1-2-18-16(8-7-13-9-10-20-12-13)15-11-19-17-6-4-3-5-14(15)17/h3-6,9-10,12,15-16,18H,2,7-8,11H2,1H3. The summed E-state index contributed by atoms with van der Waals surface area (Å²) in [5.41, 5.74) is 2.81. The van der Waals surface area contributed by atoms with Gasteiger partial charge in [0.25, 0.3) is 0 Å². The number of hydrogen-bond acceptors (Lipinski definition) is 3. The maximum atomic E-state index is 5.84. The van der Waals surface area contributed by atoms with E-state index in [2.05, 4.69) is 53.3 Å². The Labute approximate surface area is 124 Å². The zero-order valence-corrected chi connectivity index (χ0v) is 12.7. The van der Waals surface area contributed by atoms with Crippen molar-refractivity contribution in [3.8, 4) is 5.75 Å². The summed E-state index contributed by atoms with van der Waals surface area (Å²) in [5.74, 6) is 1.54. The summed E-state index contributed by atoms with van der Waals surface area (Å²) in [7, 11) is 0. The van der Waals surface area contributed by atoms with Crippen LogP contribution in [0.4, 0.5) is 0 Å². The Kier molecular flexibility index (Phi) is 4.38. The summed E-state index contributed by atoms with van der Waals surface area (Å²) in [4.78, 5) is 0. The van der Waals surface area contributed by atoms with Crippen LogP contribution in [0.3, 0.4) is 0 Å². The second-order valence-corrected chi connectivity index (χ2v) is 6.07. The van der Waals surface area contributed by atoms with E-state index in [1.807, 2.05) is 0 Å². The van der Waals surface area contributed by atoms with Crippen LogP contribution in [0.5, 0.6) is 5.75 Å². The lowest BCUT2D eigenvalue weighted by Crippen LogP contribution is -2.36. The third-order valence-corrected chi connectivity index (χ3v) is 4.75. The molecular formula is C17H21NOS. The van der Waals surface area contributed by atoms with E-state index in [0.29, 0.717) is 12.0 Å². The van der Waals surface area contributed by atoms with Crippen LogP contribution in [0.15, 0.2) is 41.1 Å². The fraction of sp³-hybridized carbons (Fsp3) is 0.412. The molecule has 0 amide bonds. The van der Waals surface area contributed by atoms with Crippen molar-refractivity contribution in [1.82, 2.24) is 5.32 Å². The molecule has 0 fully saturated rings. The highest BCUT2D eigenvalue weighted by Crippen LogP contribution is 2.36. The van der Waals surface area contributed by atoms with Crippen LogP contribution in [-0.4, -0.2) is 19.2 Å². The quantitative estimate of drug-likeness (QED) is 0.871. The summed E-state index contributed by atoms with van der Waals surface area (Å²) in [6.07, 6.45) is 2.30. The van der Waals surface area contributed by atoms with Gasteiger partial charge in [0.1, 0.15) is 5.75 Å². The molecule has 20 heavy (non-hydrogen) atoms. The first-order valence-corrected chi connectivity index (χ1v) is 8.29. The first-order chi connectivity index (χ1) is 9.88. The van der Waals surface area contributed by atoms with Crippen LogP contribution < -0.4 is 10.1 Å². The van der Waals surface area contributed by atoms with Crippen molar-refractivity contribution in [2.24, 2.45) is 0 Å². The molecule has 0 spiro atoms. The largest absolute Gasteiger partial charge is 0.493 e. The minimum atomic E-state index is 0.477. The molecule has 2 nitrogen and oxygen atoms in total. The minimum absolute atomic E-state index is 0.477. The summed E-state index contributed by atoms with van der Waals surface area (Å²) >= 11 is 1.78. The van der Waals surface area contributed by atoms with E-state index < -0.39 is 0 Å². The van der Waals surface area contributed by atoms with Gasteiger partial charge < -0.3 is 10.1 Å². The van der Waals surface area contributed by atoms with Crippen molar-refractivity contribution in [3.63, 3.8) is 0 Å². The molecule has 2 unspecified atom stereocenters. The summed E-state index contributed by atoms with van der Waals surface area (Å²) in [5, 5.41) is 8.06. The van der Waals surface area contributed by atoms with Gasteiger partial charge >= 0.3 is 0 Å². The van der Waals surface area contributed by atoms with E-state index in [0.717, 1.165) is 31.7 Å². The molecule has 0 saturated carbocycles. The van der Waals surface area contributed by atoms with Gasteiger partial charge in [-0.15, -0.1) is 0 Å². The topological polar surface area (TPSA) is 21.3 Å². The van der Waals surface area contributed by atoms with Crippen LogP contribution in [0.1, 0.15) is 30.4 Å². The molecule has 2 atom stereocenters. The molecule has 0 bridgehead atoms. The maximum Gasteiger partial charge on any atom is 0.122 e. The second-order valence-electron chi connectivity index (χ2n) is 5.29. The third kappa shape index (κ3) is 2.89. The van der Waals surface area contributed by atoms with Crippen LogP contribution >= 0.6 is 11.3 Å². The summed E-state index contributed by atoms with van der Waals surface area (Å²) in [6.45, 7) is 3.99. The summed E-state index contributed by atoms with van der Waals surface area (Å²) in [6, 6.07) is 11.2. The zero-order valence-electron chi connectivity index (χ0n) is 11.8. The van der Waals surface area contributed by atoms with Gasteiger partial charge in [-0.25, -0.2) is 0 Å². The molecule has 2 aromatic rings. The van der Waals surface area contributed by atoms with Crippen LogP contribution in [-0.2, 0) is 6.42 Å². The van der Waals surface area contributed by atoms with Gasteiger partial charge in [0.05, 0.1) is 6.61 Å². The lowest BCUT2D eigenvalue weighted by atomic mass is 9.89. The van der Waals surface area contributed by atoms with Crippen molar-refractivity contribution >= 4 is 11.3 Å². The molecule has 1 N–H and O–H groups in total. The normalized spacial score (nSPS) is 18.6. The van der Waals surface area contributed by atoms with Gasteiger partial charge in [0, 0.05) is 17.5 Å². The summed E-state index contributed by atoms with van der Waals surface area (Å²) < 4.78 is 5.84. The Morgan fingerprint density at radius 3 is 3.05 bits per heavy atom. The minimum Gasteiger partial charge on any atom is -0.493 e. The van der Waals surface area contributed by atoms with Crippen LogP contribution in [0, 0.1) is 0 Å². The van der Waals surface area contributed by atoms with E-state index in [1.54, 1.807) is 11.3 Å². The molecule has 0 radical (unpaired) electrons. The highest BCUT2D eigenvalue weighted by Gasteiger charge is 2.30. The number of para-hydroxylation sites is 1. The highest BCUT2D eigenvalue weighted by atomic mass is 32.1. The fourth-order valence-electron chi connectivity index (χ4n) is 2.99. The predicted molar refractivity (Wildman–Crippen MR) is 84.8 cm³/mol. The molecule has 1 aromatic carbocycles. The molecule has 0 saturated heterocycles. The van der Waals surface area contributed by atoms with Gasteiger partial charge in [0.2, 0.25) is 0 Å². The number of thiophene rings is 1. The molecule has 106 valence electrons. The number of benzene rings is 1. The van der Waals surface area contributed by atoms with Gasteiger partial charge in [0.15, 0.2) is 0 Å². The number of likely N-dealkylation sites (N-methyl/N-ethyl adjacent to an activating group) is 1. The van der Waals surface area contributed by atoms with Gasteiger partial charge in [-0.05, 0) is 47.8 Å². The number of nitrogens with one attached hydrogen (secondary N) is 1. The highest BCUT2D eigenvalue weighted by molar-refractivity contribution is 7.07. The van der Waals surface area contributed by atoms with Gasteiger partial charge in [-0.2, -0.15) is 11.3 Å². The molecule has 1 aromatic heterocycles. The molecule has 3 rings (SSSR count). The van der Waals surface area contributed by atoms with Crippen molar-refractivity contribution < 1.29 is 4.74 Å². The number of rotatable bonds is 6. The monoisotopic (exact) mass is 287 g/mol. The molecule has 3 heteroatoms. The van der Waals surface area contributed by atoms with E-state index in [-0.39, 0.29) is 0 Å². The molecule has 0 aliphatic carbocycles. The molecular weight excluding hydrogens is 266 g/mol. The number of fused-ring (bicyclic) bond motifs is 1. The smallest absolute Gasteiger partial charge is 0.122 e.